The van der Waals surface area contributed by atoms with Gasteiger partial charge in [-0.15, -0.1) is 0 Å². The van der Waals surface area contributed by atoms with Crippen LogP contribution < -0.4 is 11.1 Å². The fraction of sp³-hybridized carbons (Fsp3) is 0.467. The Morgan fingerprint density at radius 1 is 1.35 bits per heavy atom. The van der Waals surface area contributed by atoms with Gasteiger partial charge in [-0.2, -0.15) is 5.26 Å². The van der Waals surface area contributed by atoms with E-state index in [1.165, 1.54) is 0 Å². The second kappa shape index (κ2) is 6.74. The zero-order chi connectivity index (χ0) is 14.5. The summed E-state index contributed by atoms with van der Waals surface area (Å²) in [6, 6.07) is 6.75. The Morgan fingerprint density at radius 3 is 2.85 bits per heavy atom. The van der Waals surface area contributed by atoms with Gasteiger partial charge in [-0.3, -0.25) is 4.79 Å². The molecule has 0 aromatic heterocycles. The number of carbonyl (C=O) groups is 1. The van der Waals surface area contributed by atoms with Crippen molar-refractivity contribution in [2.24, 2.45) is 11.7 Å². The van der Waals surface area contributed by atoms with E-state index in [0.29, 0.717) is 16.3 Å². The summed E-state index contributed by atoms with van der Waals surface area (Å²) in [5.74, 6) is -0.282. The number of halogens is 1. The van der Waals surface area contributed by atoms with Crippen LogP contribution in [0.4, 0.5) is 5.69 Å². The third-order valence-electron chi connectivity index (χ3n) is 3.76. The van der Waals surface area contributed by atoms with Crippen LogP contribution in [-0.2, 0) is 4.79 Å². The summed E-state index contributed by atoms with van der Waals surface area (Å²) in [4.78, 5) is 12.3. The number of benzene rings is 1. The zero-order valence-electron chi connectivity index (χ0n) is 11.2. The van der Waals surface area contributed by atoms with E-state index in [-0.39, 0.29) is 17.9 Å². The van der Waals surface area contributed by atoms with Crippen LogP contribution in [0.2, 0.25) is 5.02 Å². The summed E-state index contributed by atoms with van der Waals surface area (Å²) in [5.41, 5.74) is 7.03. The third-order valence-corrected chi connectivity index (χ3v) is 4.09. The highest BCUT2D eigenvalue weighted by Gasteiger charge is 2.27. The van der Waals surface area contributed by atoms with Gasteiger partial charge < -0.3 is 11.1 Å². The molecular formula is C15H18ClN3O. The molecule has 1 saturated carbocycles. The number of anilines is 1. The summed E-state index contributed by atoms with van der Waals surface area (Å²) >= 11 is 6.05. The molecule has 1 aromatic carbocycles. The van der Waals surface area contributed by atoms with Crippen LogP contribution in [0, 0.1) is 17.2 Å². The molecule has 2 unspecified atom stereocenters. The van der Waals surface area contributed by atoms with Gasteiger partial charge in [-0.25, -0.2) is 0 Å². The number of carbonyl (C=O) groups excluding carboxylic acids is 1. The van der Waals surface area contributed by atoms with Gasteiger partial charge in [0.05, 0.1) is 28.3 Å². The van der Waals surface area contributed by atoms with Gasteiger partial charge in [0.1, 0.15) is 0 Å². The second-order valence-electron chi connectivity index (χ2n) is 5.20. The number of hydrogen-bond acceptors (Lipinski definition) is 3. The van der Waals surface area contributed by atoms with Crippen LogP contribution in [0.25, 0.3) is 0 Å². The molecule has 4 nitrogen and oxygen atoms in total. The lowest BCUT2D eigenvalue weighted by Crippen LogP contribution is -2.37. The topological polar surface area (TPSA) is 78.9 Å². The molecule has 1 aliphatic carbocycles. The number of nitrogens with one attached hydrogen (secondary N) is 1. The lowest BCUT2D eigenvalue weighted by atomic mass is 9.94. The first-order chi connectivity index (χ1) is 9.61. The van der Waals surface area contributed by atoms with E-state index in [2.05, 4.69) is 5.32 Å². The van der Waals surface area contributed by atoms with Gasteiger partial charge in [0, 0.05) is 6.04 Å². The minimum atomic E-state index is -0.181. The Morgan fingerprint density at radius 2 is 2.10 bits per heavy atom. The minimum absolute atomic E-state index is 0.101. The fourth-order valence-corrected chi connectivity index (χ4v) is 2.74. The molecule has 1 aromatic rings. The Labute approximate surface area is 123 Å². The molecule has 1 fully saturated rings. The molecular weight excluding hydrogens is 274 g/mol. The van der Waals surface area contributed by atoms with Gasteiger partial charge in [0.25, 0.3) is 0 Å². The molecule has 3 N–H and O–H groups in total. The predicted molar refractivity (Wildman–Crippen MR) is 79.3 cm³/mol. The van der Waals surface area contributed by atoms with E-state index >= 15 is 0 Å². The van der Waals surface area contributed by atoms with Gasteiger partial charge in [-0.05, 0) is 31.0 Å². The molecule has 0 spiro atoms. The molecule has 20 heavy (non-hydrogen) atoms. The highest BCUT2D eigenvalue weighted by Crippen LogP contribution is 2.27. The number of amides is 1. The van der Waals surface area contributed by atoms with Gasteiger partial charge >= 0.3 is 0 Å². The molecule has 0 heterocycles. The van der Waals surface area contributed by atoms with Crippen molar-refractivity contribution in [1.82, 2.24) is 0 Å². The van der Waals surface area contributed by atoms with Gasteiger partial charge in [0.15, 0.2) is 0 Å². The van der Waals surface area contributed by atoms with E-state index in [9.17, 15) is 4.79 Å². The number of nitriles is 1. The fourth-order valence-electron chi connectivity index (χ4n) is 2.58. The van der Waals surface area contributed by atoms with Crippen molar-refractivity contribution in [3.63, 3.8) is 0 Å². The van der Waals surface area contributed by atoms with Crippen LogP contribution in [-0.4, -0.2) is 11.9 Å². The summed E-state index contributed by atoms with van der Waals surface area (Å²) in [5, 5.41) is 12.1. The van der Waals surface area contributed by atoms with Crippen LogP contribution in [0.5, 0.6) is 0 Å². The van der Waals surface area contributed by atoms with Gasteiger partial charge in [0.2, 0.25) is 5.91 Å². The number of rotatable bonds is 2. The average molecular weight is 292 g/mol. The first-order valence-electron chi connectivity index (χ1n) is 6.88. The maximum atomic E-state index is 12.3. The van der Waals surface area contributed by atoms with Crippen LogP contribution in [0.15, 0.2) is 18.2 Å². The molecule has 5 heteroatoms. The monoisotopic (exact) mass is 291 g/mol. The third kappa shape index (κ3) is 3.50. The highest BCUT2D eigenvalue weighted by atomic mass is 35.5. The lowest BCUT2D eigenvalue weighted by molar-refractivity contribution is -0.120. The normalized spacial score (nSPS) is 22.6. The zero-order valence-corrected chi connectivity index (χ0v) is 12.0. The minimum Gasteiger partial charge on any atom is -0.327 e. The predicted octanol–water partition coefficient (Wildman–Crippen LogP) is 3.06. The molecule has 2 rings (SSSR count). The largest absolute Gasteiger partial charge is 0.327 e. The molecule has 106 valence electrons. The van der Waals surface area contributed by atoms with Crippen molar-refractivity contribution in [2.45, 2.75) is 38.1 Å². The maximum absolute atomic E-state index is 12.3. The second-order valence-corrected chi connectivity index (χ2v) is 5.61. The first kappa shape index (κ1) is 14.8. The summed E-state index contributed by atoms with van der Waals surface area (Å²) in [7, 11) is 0. The Hall–Kier alpha value is -1.57. The van der Waals surface area contributed by atoms with Crippen LogP contribution in [0.3, 0.4) is 0 Å². The smallest absolute Gasteiger partial charge is 0.229 e. The van der Waals surface area contributed by atoms with Crippen molar-refractivity contribution in [3.05, 3.63) is 28.8 Å². The van der Waals surface area contributed by atoms with E-state index in [1.807, 2.05) is 6.07 Å². The van der Waals surface area contributed by atoms with E-state index in [0.717, 1.165) is 32.1 Å². The Balaban J connectivity index is 2.12. The quantitative estimate of drug-likeness (QED) is 0.822. The molecule has 0 radical (unpaired) electrons. The molecule has 1 aliphatic rings. The Kier molecular flexibility index (Phi) is 4.99. The molecule has 0 bridgehead atoms. The van der Waals surface area contributed by atoms with E-state index in [1.54, 1.807) is 18.2 Å². The molecule has 0 saturated heterocycles. The summed E-state index contributed by atoms with van der Waals surface area (Å²) in [6.07, 6.45) is 4.92. The van der Waals surface area contributed by atoms with Crippen molar-refractivity contribution >= 4 is 23.2 Å². The highest BCUT2D eigenvalue weighted by molar-refractivity contribution is 6.33. The molecule has 2 atom stereocenters. The average Bonchev–Trinajstić information content (AvgIpc) is 2.66. The van der Waals surface area contributed by atoms with Crippen LogP contribution in [0.1, 0.15) is 37.7 Å². The molecule has 1 amide bonds. The van der Waals surface area contributed by atoms with Gasteiger partial charge in [-0.1, -0.05) is 30.9 Å². The standard InChI is InChI=1S/C15H18ClN3O/c16-12-7-6-10(9-17)8-14(12)19-15(20)11-4-2-1-3-5-13(11)18/h6-8,11,13H,1-5,18H2,(H,19,20). The van der Waals surface area contributed by atoms with E-state index < -0.39 is 0 Å². The summed E-state index contributed by atoms with van der Waals surface area (Å²) < 4.78 is 0. The number of nitrogens with two attached hydrogens (primary N) is 1. The SMILES string of the molecule is N#Cc1ccc(Cl)c(NC(=O)C2CCCCCC2N)c1. The molecule has 0 aliphatic heterocycles. The van der Waals surface area contributed by atoms with Crippen molar-refractivity contribution < 1.29 is 4.79 Å². The number of nitrogens with zero attached hydrogens (tertiary/aromatic N) is 1. The first-order valence-corrected chi connectivity index (χ1v) is 7.25. The van der Waals surface area contributed by atoms with E-state index in [4.69, 9.17) is 22.6 Å². The maximum Gasteiger partial charge on any atom is 0.229 e. The Bertz CT molecular complexity index is 538. The number of hydrogen-bond donors (Lipinski definition) is 2. The van der Waals surface area contributed by atoms with Crippen molar-refractivity contribution in [3.8, 4) is 6.07 Å². The van der Waals surface area contributed by atoms with Crippen molar-refractivity contribution in [1.29, 1.82) is 5.26 Å². The van der Waals surface area contributed by atoms with Crippen LogP contribution >= 0.6 is 11.6 Å². The summed E-state index contributed by atoms with van der Waals surface area (Å²) in [6.45, 7) is 0. The van der Waals surface area contributed by atoms with Crippen molar-refractivity contribution in [2.75, 3.05) is 5.32 Å². The lowest BCUT2D eigenvalue weighted by Gasteiger charge is -2.20.